The second-order valence-electron chi connectivity index (χ2n) is 2.27. The average Bonchev–Trinajstić information content (AvgIpc) is 2.01. The van der Waals surface area contributed by atoms with E-state index in [4.69, 9.17) is 22.0 Å². The predicted octanol–water partition coefficient (Wildman–Crippen LogP) is 2.30. The normalized spacial score (nSPS) is 8.92. The SMILES string of the molecule is N#Cc1cc(Cl)cc(NC(=O)O)c1. The van der Waals surface area contributed by atoms with Crippen molar-refractivity contribution in [2.45, 2.75) is 0 Å². The number of amides is 1. The third-order valence-corrected chi connectivity index (χ3v) is 1.50. The molecule has 0 bridgehead atoms. The molecule has 0 aliphatic rings. The van der Waals surface area contributed by atoms with Gasteiger partial charge in [-0.05, 0) is 18.2 Å². The van der Waals surface area contributed by atoms with Crippen LogP contribution in [0.4, 0.5) is 10.5 Å². The molecule has 1 aromatic carbocycles. The van der Waals surface area contributed by atoms with Crippen LogP contribution in [-0.4, -0.2) is 11.2 Å². The number of anilines is 1. The maximum atomic E-state index is 10.2. The van der Waals surface area contributed by atoms with Crippen LogP contribution in [0.1, 0.15) is 5.56 Å². The Balaban J connectivity index is 3.03. The molecule has 1 rings (SSSR count). The number of carbonyl (C=O) groups is 1. The lowest BCUT2D eigenvalue weighted by Crippen LogP contribution is -2.07. The first-order chi connectivity index (χ1) is 6.11. The number of nitrogens with one attached hydrogen (secondary N) is 1. The smallest absolute Gasteiger partial charge is 0.409 e. The van der Waals surface area contributed by atoms with Gasteiger partial charge in [0.2, 0.25) is 0 Å². The van der Waals surface area contributed by atoms with Crippen LogP contribution >= 0.6 is 11.6 Å². The summed E-state index contributed by atoms with van der Waals surface area (Å²) in [7, 11) is 0. The van der Waals surface area contributed by atoms with Crippen LogP contribution in [0.3, 0.4) is 0 Å². The number of nitrogens with zero attached hydrogens (tertiary/aromatic N) is 1. The van der Waals surface area contributed by atoms with Gasteiger partial charge in [0, 0.05) is 10.7 Å². The molecule has 0 aromatic heterocycles. The van der Waals surface area contributed by atoms with Crippen LogP contribution < -0.4 is 5.32 Å². The number of hydrogen-bond acceptors (Lipinski definition) is 2. The molecule has 0 saturated carbocycles. The molecule has 0 unspecified atom stereocenters. The van der Waals surface area contributed by atoms with E-state index in [9.17, 15) is 4.79 Å². The van der Waals surface area contributed by atoms with E-state index < -0.39 is 6.09 Å². The lowest BCUT2D eigenvalue weighted by Gasteiger charge is -2.01. The van der Waals surface area contributed by atoms with E-state index in [0.29, 0.717) is 10.6 Å². The molecular weight excluding hydrogens is 192 g/mol. The van der Waals surface area contributed by atoms with Crippen LogP contribution in [0.5, 0.6) is 0 Å². The minimum atomic E-state index is -1.19. The number of nitriles is 1. The Morgan fingerprint density at radius 3 is 2.77 bits per heavy atom. The summed E-state index contributed by atoms with van der Waals surface area (Å²) in [6, 6.07) is 6.15. The van der Waals surface area contributed by atoms with E-state index in [1.165, 1.54) is 18.2 Å². The van der Waals surface area contributed by atoms with E-state index >= 15 is 0 Å². The highest BCUT2D eigenvalue weighted by Gasteiger charge is 2.01. The monoisotopic (exact) mass is 196 g/mol. The largest absolute Gasteiger partial charge is 0.465 e. The fourth-order valence-electron chi connectivity index (χ4n) is 0.850. The number of rotatable bonds is 1. The standard InChI is InChI=1S/C8H5ClN2O2/c9-6-1-5(4-10)2-7(3-6)11-8(12)13/h1-3,11H,(H,12,13). The van der Waals surface area contributed by atoms with Crippen molar-refractivity contribution >= 4 is 23.4 Å². The van der Waals surface area contributed by atoms with Gasteiger partial charge in [0.25, 0.3) is 0 Å². The van der Waals surface area contributed by atoms with Crippen molar-refractivity contribution in [2.75, 3.05) is 5.32 Å². The molecule has 0 saturated heterocycles. The number of benzene rings is 1. The van der Waals surface area contributed by atoms with E-state index in [1.807, 2.05) is 6.07 Å². The van der Waals surface area contributed by atoms with Gasteiger partial charge in [-0.15, -0.1) is 0 Å². The Morgan fingerprint density at radius 1 is 1.54 bits per heavy atom. The highest BCUT2D eigenvalue weighted by molar-refractivity contribution is 6.31. The number of hydrogen-bond donors (Lipinski definition) is 2. The van der Waals surface area contributed by atoms with E-state index in [1.54, 1.807) is 0 Å². The first kappa shape index (κ1) is 9.36. The maximum Gasteiger partial charge on any atom is 0.409 e. The minimum Gasteiger partial charge on any atom is -0.465 e. The van der Waals surface area contributed by atoms with Crippen molar-refractivity contribution in [3.8, 4) is 6.07 Å². The summed E-state index contributed by atoms with van der Waals surface area (Å²) in [6.45, 7) is 0. The Kier molecular flexibility index (Phi) is 2.72. The van der Waals surface area contributed by atoms with Crippen molar-refractivity contribution in [3.63, 3.8) is 0 Å². The zero-order chi connectivity index (χ0) is 9.84. The fourth-order valence-corrected chi connectivity index (χ4v) is 1.08. The summed E-state index contributed by atoms with van der Waals surface area (Å²) in [6.07, 6.45) is -1.19. The quantitative estimate of drug-likeness (QED) is 0.724. The zero-order valence-corrected chi connectivity index (χ0v) is 7.17. The van der Waals surface area contributed by atoms with Crippen LogP contribution in [0, 0.1) is 11.3 Å². The third kappa shape index (κ3) is 2.65. The van der Waals surface area contributed by atoms with E-state index in [-0.39, 0.29) is 5.69 Å². The molecule has 0 atom stereocenters. The molecule has 0 spiro atoms. The second kappa shape index (κ2) is 3.78. The van der Waals surface area contributed by atoms with Gasteiger partial charge in [-0.1, -0.05) is 11.6 Å². The van der Waals surface area contributed by atoms with Crippen molar-refractivity contribution < 1.29 is 9.90 Å². The highest BCUT2D eigenvalue weighted by Crippen LogP contribution is 2.18. The van der Waals surface area contributed by atoms with Gasteiger partial charge >= 0.3 is 6.09 Å². The van der Waals surface area contributed by atoms with Crippen LogP contribution in [0.2, 0.25) is 5.02 Å². The summed E-state index contributed by atoms with van der Waals surface area (Å²) in [5, 5.41) is 19.3. The van der Waals surface area contributed by atoms with Gasteiger partial charge in [-0.2, -0.15) is 5.26 Å². The molecule has 1 amide bonds. The summed E-state index contributed by atoms with van der Waals surface area (Å²) >= 11 is 5.63. The van der Waals surface area contributed by atoms with Crippen molar-refractivity contribution in [1.82, 2.24) is 0 Å². The van der Waals surface area contributed by atoms with E-state index in [0.717, 1.165) is 0 Å². The Morgan fingerprint density at radius 2 is 2.23 bits per heavy atom. The van der Waals surface area contributed by atoms with Gasteiger partial charge in [0.15, 0.2) is 0 Å². The molecule has 0 fully saturated rings. The first-order valence-corrected chi connectivity index (χ1v) is 3.70. The van der Waals surface area contributed by atoms with Crippen molar-refractivity contribution in [3.05, 3.63) is 28.8 Å². The number of carboxylic acid groups (broad SMARTS) is 1. The molecule has 5 heteroatoms. The second-order valence-corrected chi connectivity index (χ2v) is 2.71. The average molecular weight is 197 g/mol. The third-order valence-electron chi connectivity index (χ3n) is 1.28. The Labute approximate surface area is 79.4 Å². The molecule has 66 valence electrons. The maximum absolute atomic E-state index is 10.2. The molecule has 13 heavy (non-hydrogen) atoms. The first-order valence-electron chi connectivity index (χ1n) is 3.32. The van der Waals surface area contributed by atoms with Crippen molar-refractivity contribution in [1.29, 1.82) is 5.26 Å². The van der Waals surface area contributed by atoms with Crippen LogP contribution in [0.15, 0.2) is 18.2 Å². The topological polar surface area (TPSA) is 73.1 Å². The lowest BCUT2D eigenvalue weighted by atomic mass is 10.2. The molecular formula is C8H5ClN2O2. The van der Waals surface area contributed by atoms with Gasteiger partial charge in [-0.3, -0.25) is 5.32 Å². The van der Waals surface area contributed by atoms with Gasteiger partial charge < -0.3 is 5.11 Å². The molecule has 0 aliphatic heterocycles. The summed E-state index contributed by atoms with van der Waals surface area (Å²) < 4.78 is 0. The lowest BCUT2D eigenvalue weighted by molar-refractivity contribution is 0.210. The fraction of sp³-hybridized carbons (Fsp3) is 0. The van der Waals surface area contributed by atoms with Gasteiger partial charge in [0.1, 0.15) is 0 Å². The summed E-state index contributed by atoms with van der Waals surface area (Å²) in [4.78, 5) is 10.2. The molecule has 0 aliphatic carbocycles. The summed E-state index contributed by atoms with van der Waals surface area (Å²) in [5.41, 5.74) is 0.604. The predicted molar refractivity (Wildman–Crippen MR) is 47.8 cm³/mol. The highest BCUT2D eigenvalue weighted by atomic mass is 35.5. The Bertz CT molecular complexity index is 384. The van der Waals surface area contributed by atoms with Gasteiger partial charge in [0.05, 0.1) is 11.6 Å². The summed E-state index contributed by atoms with van der Waals surface area (Å²) in [5.74, 6) is 0. The zero-order valence-electron chi connectivity index (χ0n) is 6.41. The molecule has 4 nitrogen and oxygen atoms in total. The Hall–Kier alpha value is -1.73. The number of halogens is 1. The molecule has 2 N–H and O–H groups in total. The molecule has 1 aromatic rings. The minimum absolute atomic E-state index is 0.288. The van der Waals surface area contributed by atoms with Crippen LogP contribution in [0.25, 0.3) is 0 Å². The molecule has 0 radical (unpaired) electrons. The molecule has 0 heterocycles. The van der Waals surface area contributed by atoms with Crippen molar-refractivity contribution in [2.24, 2.45) is 0 Å². The van der Waals surface area contributed by atoms with Crippen LogP contribution in [-0.2, 0) is 0 Å². The van der Waals surface area contributed by atoms with E-state index in [2.05, 4.69) is 5.32 Å². The van der Waals surface area contributed by atoms with Gasteiger partial charge in [-0.25, -0.2) is 4.79 Å².